The highest BCUT2D eigenvalue weighted by Gasteiger charge is 1.95. The van der Waals surface area contributed by atoms with Gasteiger partial charge >= 0.3 is 0 Å². The molecule has 0 atom stereocenters. The number of halogens is 2. The van der Waals surface area contributed by atoms with Crippen LogP contribution >= 0.6 is 23.2 Å². The Balaban J connectivity index is 2.77. The highest BCUT2D eigenvalue weighted by molar-refractivity contribution is 6.42. The van der Waals surface area contributed by atoms with E-state index in [0.717, 1.165) is 0 Å². The van der Waals surface area contributed by atoms with E-state index in [4.69, 9.17) is 23.2 Å². The molecule has 1 rings (SSSR count). The molecule has 0 aromatic carbocycles. The molecule has 0 aliphatic carbocycles. The normalized spacial score (nSPS) is 10.4. The van der Waals surface area contributed by atoms with Gasteiger partial charge < -0.3 is 4.57 Å². The minimum atomic E-state index is -0.454. The fourth-order valence-corrected chi connectivity index (χ4v) is 0.738. The summed E-state index contributed by atoms with van der Waals surface area (Å²) in [6.07, 6.45) is 3.62. The van der Waals surface area contributed by atoms with Gasteiger partial charge in [0.25, 0.3) is 0 Å². The van der Waals surface area contributed by atoms with Gasteiger partial charge in [-0.05, 0) is 12.1 Å². The van der Waals surface area contributed by atoms with E-state index in [2.05, 4.69) is 0 Å². The molecule has 1 nitrogen and oxygen atoms in total. The van der Waals surface area contributed by atoms with Crippen LogP contribution in [0.5, 0.6) is 0 Å². The second-order valence-electron chi connectivity index (χ2n) is 1.41. The van der Waals surface area contributed by atoms with Crippen LogP contribution in [0, 0.1) is 0 Å². The summed E-state index contributed by atoms with van der Waals surface area (Å²) in [6.45, 7) is 0. The Morgan fingerprint density at radius 1 is 1.12 bits per heavy atom. The SMILES string of the molecule is ClC(Cl)n1cccc1. The van der Waals surface area contributed by atoms with E-state index < -0.39 is 4.96 Å². The Labute approximate surface area is 57.8 Å². The van der Waals surface area contributed by atoms with Crippen LogP contribution in [0.25, 0.3) is 0 Å². The van der Waals surface area contributed by atoms with Gasteiger partial charge in [-0.15, -0.1) is 0 Å². The lowest BCUT2D eigenvalue weighted by atomic mass is 10.7. The number of hydrogen-bond donors (Lipinski definition) is 0. The zero-order valence-electron chi connectivity index (χ0n) is 4.09. The largest absolute Gasteiger partial charge is 0.325 e. The molecule has 0 fully saturated rings. The number of alkyl halides is 2. The standard InChI is InChI=1S/C5H5Cl2N/c6-5(7)8-3-1-2-4-8/h1-5H. The van der Waals surface area contributed by atoms with Crippen molar-refractivity contribution in [2.45, 2.75) is 4.96 Å². The Bertz CT molecular complexity index is 145. The Kier molecular flexibility index (Phi) is 1.81. The Morgan fingerprint density at radius 2 is 1.62 bits per heavy atom. The summed E-state index contributed by atoms with van der Waals surface area (Å²) in [7, 11) is 0. The Hall–Kier alpha value is -0.140. The molecule has 8 heavy (non-hydrogen) atoms. The maximum atomic E-state index is 5.47. The van der Waals surface area contributed by atoms with Crippen molar-refractivity contribution < 1.29 is 0 Å². The summed E-state index contributed by atoms with van der Waals surface area (Å²) in [5, 5.41) is 0. The molecule has 0 spiro atoms. The van der Waals surface area contributed by atoms with Crippen LogP contribution in [0.1, 0.15) is 4.96 Å². The van der Waals surface area contributed by atoms with Crippen LogP contribution in [0.4, 0.5) is 0 Å². The molecule has 0 aliphatic rings. The average molecular weight is 150 g/mol. The van der Waals surface area contributed by atoms with Gasteiger partial charge in [-0.25, -0.2) is 0 Å². The summed E-state index contributed by atoms with van der Waals surface area (Å²) < 4.78 is 1.70. The number of rotatable bonds is 1. The van der Waals surface area contributed by atoms with Gasteiger partial charge in [-0.2, -0.15) is 0 Å². The first kappa shape index (κ1) is 5.99. The highest BCUT2D eigenvalue weighted by atomic mass is 35.5. The third-order valence-electron chi connectivity index (χ3n) is 0.853. The zero-order chi connectivity index (χ0) is 5.98. The van der Waals surface area contributed by atoms with Crippen LogP contribution in [-0.4, -0.2) is 4.57 Å². The van der Waals surface area contributed by atoms with Gasteiger partial charge in [0.05, 0.1) is 0 Å². The number of hydrogen-bond acceptors (Lipinski definition) is 0. The van der Waals surface area contributed by atoms with Crippen LogP contribution in [-0.2, 0) is 0 Å². The molecule has 0 bridgehead atoms. The second kappa shape index (κ2) is 2.42. The van der Waals surface area contributed by atoms with Crippen molar-refractivity contribution in [1.82, 2.24) is 4.57 Å². The quantitative estimate of drug-likeness (QED) is 0.541. The van der Waals surface area contributed by atoms with Crippen molar-refractivity contribution in [2.24, 2.45) is 0 Å². The first-order valence-corrected chi connectivity index (χ1v) is 3.08. The molecule has 0 unspecified atom stereocenters. The molecular formula is C5H5Cl2N. The first-order chi connectivity index (χ1) is 3.80. The van der Waals surface area contributed by atoms with Crippen molar-refractivity contribution >= 4 is 23.2 Å². The topological polar surface area (TPSA) is 4.93 Å². The van der Waals surface area contributed by atoms with E-state index in [0.29, 0.717) is 0 Å². The number of nitrogens with zero attached hydrogens (tertiary/aromatic N) is 1. The maximum Gasteiger partial charge on any atom is 0.183 e. The first-order valence-electron chi connectivity index (χ1n) is 2.21. The molecule has 0 saturated carbocycles. The summed E-state index contributed by atoms with van der Waals surface area (Å²) in [4.78, 5) is -0.454. The predicted molar refractivity (Wildman–Crippen MR) is 35.2 cm³/mol. The van der Waals surface area contributed by atoms with Crippen LogP contribution in [0.2, 0.25) is 0 Å². The van der Waals surface area contributed by atoms with Crippen LogP contribution in [0.15, 0.2) is 24.5 Å². The predicted octanol–water partition coefficient (Wildman–Crippen LogP) is 2.42. The fourth-order valence-electron chi connectivity index (χ4n) is 0.478. The van der Waals surface area contributed by atoms with Crippen molar-refractivity contribution in [3.05, 3.63) is 24.5 Å². The second-order valence-corrected chi connectivity index (χ2v) is 2.46. The van der Waals surface area contributed by atoms with Crippen molar-refractivity contribution in [3.8, 4) is 0 Å². The van der Waals surface area contributed by atoms with E-state index in [-0.39, 0.29) is 0 Å². The van der Waals surface area contributed by atoms with Gasteiger partial charge in [0.1, 0.15) is 0 Å². The molecule has 44 valence electrons. The summed E-state index contributed by atoms with van der Waals surface area (Å²) in [5.74, 6) is 0. The molecule has 1 heterocycles. The van der Waals surface area contributed by atoms with Gasteiger partial charge in [0.2, 0.25) is 0 Å². The third-order valence-corrected chi connectivity index (χ3v) is 1.30. The summed E-state index contributed by atoms with van der Waals surface area (Å²) >= 11 is 10.9. The van der Waals surface area contributed by atoms with Gasteiger partial charge in [0, 0.05) is 12.4 Å². The van der Waals surface area contributed by atoms with Crippen LogP contribution in [0.3, 0.4) is 0 Å². The number of aromatic nitrogens is 1. The molecule has 0 N–H and O–H groups in total. The molecule has 3 heteroatoms. The maximum absolute atomic E-state index is 5.47. The van der Waals surface area contributed by atoms with E-state index in [1.807, 2.05) is 24.5 Å². The molecule has 0 saturated heterocycles. The summed E-state index contributed by atoms with van der Waals surface area (Å²) in [5.41, 5.74) is 0. The molecular weight excluding hydrogens is 145 g/mol. The smallest absolute Gasteiger partial charge is 0.183 e. The monoisotopic (exact) mass is 149 g/mol. The minimum Gasteiger partial charge on any atom is -0.325 e. The van der Waals surface area contributed by atoms with E-state index in [1.54, 1.807) is 4.57 Å². The summed E-state index contributed by atoms with van der Waals surface area (Å²) in [6, 6.07) is 3.75. The van der Waals surface area contributed by atoms with Crippen LogP contribution < -0.4 is 0 Å². The minimum absolute atomic E-state index is 0.454. The lowest BCUT2D eigenvalue weighted by molar-refractivity contribution is 0.862. The van der Waals surface area contributed by atoms with Gasteiger partial charge in [-0.1, -0.05) is 23.2 Å². The average Bonchev–Trinajstić information content (AvgIpc) is 2.12. The molecule has 1 aromatic heterocycles. The molecule has 0 radical (unpaired) electrons. The fraction of sp³-hybridized carbons (Fsp3) is 0.200. The van der Waals surface area contributed by atoms with Crippen molar-refractivity contribution in [1.29, 1.82) is 0 Å². The Morgan fingerprint density at radius 3 is 1.88 bits per heavy atom. The van der Waals surface area contributed by atoms with Gasteiger partial charge in [-0.3, -0.25) is 0 Å². The third kappa shape index (κ3) is 1.17. The van der Waals surface area contributed by atoms with E-state index >= 15 is 0 Å². The molecule has 1 aromatic rings. The zero-order valence-corrected chi connectivity index (χ0v) is 5.60. The van der Waals surface area contributed by atoms with E-state index in [9.17, 15) is 0 Å². The highest BCUT2D eigenvalue weighted by Crippen LogP contribution is 2.15. The molecule has 0 amide bonds. The molecule has 0 aliphatic heterocycles. The van der Waals surface area contributed by atoms with E-state index in [1.165, 1.54) is 0 Å². The van der Waals surface area contributed by atoms with Crippen molar-refractivity contribution in [3.63, 3.8) is 0 Å². The van der Waals surface area contributed by atoms with Crippen molar-refractivity contribution in [2.75, 3.05) is 0 Å². The van der Waals surface area contributed by atoms with Gasteiger partial charge in [0.15, 0.2) is 4.96 Å². The lowest BCUT2D eigenvalue weighted by Gasteiger charge is -1.98. The lowest BCUT2D eigenvalue weighted by Crippen LogP contribution is -1.88.